The summed E-state index contributed by atoms with van der Waals surface area (Å²) in [6, 6.07) is 17.3. The van der Waals surface area contributed by atoms with Gasteiger partial charge in [0.25, 0.3) is 0 Å². The minimum atomic E-state index is -0.282. The Balaban J connectivity index is 1.81. The lowest BCUT2D eigenvalue weighted by Gasteiger charge is -2.07. The van der Waals surface area contributed by atoms with Gasteiger partial charge in [0.2, 0.25) is 0 Å². The molecule has 0 atom stereocenters. The average Bonchev–Trinajstić information content (AvgIpc) is 2.55. The van der Waals surface area contributed by atoms with E-state index in [1.165, 1.54) is 0 Å². The molecule has 0 aliphatic rings. The van der Waals surface area contributed by atoms with Crippen LogP contribution in [0.4, 0.5) is 5.69 Å². The number of aliphatic imine (C=N–C) groups is 1. The molecule has 0 bridgehead atoms. The molecule has 0 N–H and O–H groups in total. The highest BCUT2D eigenvalue weighted by atomic mass is 16.5. The molecule has 0 unspecified atom stereocenters. The van der Waals surface area contributed by atoms with E-state index in [0.29, 0.717) is 24.5 Å². The van der Waals surface area contributed by atoms with E-state index in [2.05, 4.69) is 18.8 Å². The van der Waals surface area contributed by atoms with Crippen molar-refractivity contribution < 1.29 is 9.53 Å². The third-order valence-electron chi connectivity index (χ3n) is 3.27. The summed E-state index contributed by atoms with van der Waals surface area (Å²) in [5.74, 6) is 0.112. The predicted molar refractivity (Wildman–Crippen MR) is 90.0 cm³/mol. The van der Waals surface area contributed by atoms with Crippen molar-refractivity contribution in [2.45, 2.75) is 26.2 Å². The number of ether oxygens (including phenoxy) is 1. The molecule has 0 aliphatic carbocycles. The van der Waals surface area contributed by atoms with Gasteiger partial charge in [-0.25, -0.2) is 4.79 Å². The Morgan fingerprint density at radius 3 is 2.64 bits per heavy atom. The summed E-state index contributed by atoms with van der Waals surface area (Å²) in [6.07, 6.45) is 2.37. The third kappa shape index (κ3) is 4.85. The molecule has 0 fully saturated rings. The Labute approximate surface area is 131 Å². The summed E-state index contributed by atoms with van der Waals surface area (Å²) >= 11 is 0. The maximum Gasteiger partial charge on any atom is 0.338 e. The number of nitrogens with zero attached hydrogens (tertiary/aromatic N) is 1. The predicted octanol–water partition coefficient (Wildman–Crippen LogP) is 4.76. The van der Waals surface area contributed by atoms with Gasteiger partial charge in [0, 0.05) is 12.6 Å². The molecule has 22 heavy (non-hydrogen) atoms. The molecule has 0 aromatic heterocycles. The third-order valence-corrected chi connectivity index (χ3v) is 3.27. The van der Waals surface area contributed by atoms with Crippen LogP contribution in [0.25, 0.3) is 0 Å². The molecule has 0 spiro atoms. The first-order valence-corrected chi connectivity index (χ1v) is 7.51. The van der Waals surface area contributed by atoms with Gasteiger partial charge in [-0.1, -0.05) is 44.2 Å². The van der Waals surface area contributed by atoms with E-state index in [1.807, 2.05) is 48.5 Å². The van der Waals surface area contributed by atoms with Crippen LogP contribution in [0.5, 0.6) is 0 Å². The highest BCUT2D eigenvalue weighted by Crippen LogP contribution is 2.16. The normalized spacial score (nSPS) is 11.0. The van der Waals surface area contributed by atoms with Crippen LogP contribution in [0, 0.1) is 0 Å². The molecule has 0 saturated heterocycles. The zero-order valence-electron chi connectivity index (χ0n) is 13.0. The van der Waals surface area contributed by atoms with Crippen molar-refractivity contribution >= 4 is 17.9 Å². The van der Waals surface area contributed by atoms with Crippen molar-refractivity contribution in [3.63, 3.8) is 0 Å². The van der Waals surface area contributed by atoms with Crippen LogP contribution in [0.1, 0.15) is 42.1 Å². The topological polar surface area (TPSA) is 38.7 Å². The van der Waals surface area contributed by atoms with E-state index in [9.17, 15) is 4.79 Å². The second-order valence-electron chi connectivity index (χ2n) is 5.35. The van der Waals surface area contributed by atoms with Gasteiger partial charge in [-0.3, -0.25) is 4.99 Å². The number of para-hydroxylation sites is 1. The van der Waals surface area contributed by atoms with Crippen molar-refractivity contribution in [1.29, 1.82) is 0 Å². The van der Waals surface area contributed by atoms with Crippen LogP contribution in [0.2, 0.25) is 0 Å². The van der Waals surface area contributed by atoms with Gasteiger partial charge in [-0.2, -0.15) is 0 Å². The van der Waals surface area contributed by atoms with Crippen LogP contribution >= 0.6 is 0 Å². The van der Waals surface area contributed by atoms with Crippen molar-refractivity contribution in [1.82, 2.24) is 0 Å². The number of benzene rings is 2. The fraction of sp³-hybridized carbons (Fsp3) is 0.263. The van der Waals surface area contributed by atoms with E-state index >= 15 is 0 Å². The first-order chi connectivity index (χ1) is 10.7. The zero-order chi connectivity index (χ0) is 15.8. The fourth-order valence-corrected chi connectivity index (χ4v) is 2.00. The summed E-state index contributed by atoms with van der Waals surface area (Å²) < 4.78 is 5.27. The maximum absolute atomic E-state index is 12.0. The molecule has 0 radical (unpaired) electrons. The lowest BCUT2D eigenvalue weighted by atomic mass is 10.0. The van der Waals surface area contributed by atoms with E-state index in [0.717, 1.165) is 11.3 Å². The Morgan fingerprint density at radius 1 is 1.14 bits per heavy atom. The van der Waals surface area contributed by atoms with Gasteiger partial charge in [-0.15, -0.1) is 0 Å². The van der Waals surface area contributed by atoms with Crippen LogP contribution < -0.4 is 0 Å². The van der Waals surface area contributed by atoms with Crippen molar-refractivity contribution in [3.8, 4) is 0 Å². The Kier molecular flexibility index (Phi) is 5.90. The molecule has 0 aliphatic heterocycles. The largest absolute Gasteiger partial charge is 0.462 e. The summed E-state index contributed by atoms with van der Waals surface area (Å²) in [5.41, 5.74) is 2.64. The Morgan fingerprint density at radius 2 is 1.91 bits per heavy atom. The molecule has 3 nitrogen and oxygen atoms in total. The van der Waals surface area contributed by atoms with Crippen LogP contribution in [-0.4, -0.2) is 18.8 Å². The molecule has 0 amide bonds. The van der Waals surface area contributed by atoms with Gasteiger partial charge < -0.3 is 4.74 Å². The van der Waals surface area contributed by atoms with E-state index in [1.54, 1.807) is 12.3 Å². The number of carbonyl (C=O) groups excluding carboxylic acids is 1. The van der Waals surface area contributed by atoms with Crippen molar-refractivity contribution in [2.24, 2.45) is 4.99 Å². The minimum Gasteiger partial charge on any atom is -0.462 e. The summed E-state index contributed by atoms with van der Waals surface area (Å²) in [4.78, 5) is 16.3. The number of rotatable bonds is 6. The van der Waals surface area contributed by atoms with Crippen LogP contribution in [-0.2, 0) is 4.74 Å². The van der Waals surface area contributed by atoms with Crippen molar-refractivity contribution in [3.05, 3.63) is 65.7 Å². The summed E-state index contributed by atoms with van der Waals surface area (Å²) in [6.45, 7) is 4.54. The first kappa shape index (κ1) is 16.0. The standard InChI is InChI=1S/C19H21NO2/c1-15(2)16-8-6-9-17(14-16)19(21)22-13-7-12-20-18-10-4-3-5-11-18/h3-6,8-12,14-15H,7,13H2,1-2H3. The van der Waals surface area contributed by atoms with Crippen molar-refractivity contribution in [2.75, 3.05) is 6.61 Å². The molecule has 2 aromatic carbocycles. The van der Waals surface area contributed by atoms with Crippen LogP contribution in [0.3, 0.4) is 0 Å². The highest BCUT2D eigenvalue weighted by Gasteiger charge is 2.08. The summed E-state index contributed by atoms with van der Waals surface area (Å²) in [5, 5.41) is 0. The molecule has 3 heteroatoms. The number of hydrogen-bond donors (Lipinski definition) is 0. The molecule has 0 heterocycles. The molecule has 2 rings (SSSR count). The number of hydrogen-bond acceptors (Lipinski definition) is 3. The summed E-state index contributed by atoms with van der Waals surface area (Å²) in [7, 11) is 0. The molecular weight excluding hydrogens is 274 g/mol. The average molecular weight is 295 g/mol. The maximum atomic E-state index is 12.0. The first-order valence-electron chi connectivity index (χ1n) is 7.51. The SMILES string of the molecule is CC(C)c1cccc(C(=O)OCCC=Nc2ccccc2)c1. The van der Waals surface area contributed by atoms with E-state index in [-0.39, 0.29) is 5.97 Å². The lowest BCUT2D eigenvalue weighted by molar-refractivity contribution is 0.0516. The monoisotopic (exact) mass is 295 g/mol. The van der Waals surface area contributed by atoms with E-state index < -0.39 is 0 Å². The number of carbonyl (C=O) groups is 1. The fourth-order valence-electron chi connectivity index (χ4n) is 2.00. The van der Waals surface area contributed by atoms with Gasteiger partial charge in [0.1, 0.15) is 0 Å². The second kappa shape index (κ2) is 8.13. The Bertz CT molecular complexity index is 633. The van der Waals surface area contributed by atoms with E-state index in [4.69, 9.17) is 4.74 Å². The Hall–Kier alpha value is -2.42. The molecule has 114 valence electrons. The minimum absolute atomic E-state index is 0.282. The lowest BCUT2D eigenvalue weighted by Crippen LogP contribution is -2.07. The van der Waals surface area contributed by atoms with Gasteiger partial charge in [-0.05, 0) is 35.7 Å². The van der Waals surface area contributed by atoms with Gasteiger partial charge >= 0.3 is 5.97 Å². The van der Waals surface area contributed by atoms with Gasteiger partial charge in [0.15, 0.2) is 0 Å². The quantitative estimate of drug-likeness (QED) is 0.438. The molecule has 0 saturated carbocycles. The highest BCUT2D eigenvalue weighted by molar-refractivity contribution is 5.89. The zero-order valence-corrected chi connectivity index (χ0v) is 13.0. The smallest absolute Gasteiger partial charge is 0.338 e. The van der Waals surface area contributed by atoms with Gasteiger partial charge in [0.05, 0.1) is 17.9 Å². The number of esters is 1. The van der Waals surface area contributed by atoms with Crippen LogP contribution in [0.15, 0.2) is 59.6 Å². The molecular formula is C19H21NO2. The second-order valence-corrected chi connectivity index (χ2v) is 5.35. The molecule has 2 aromatic rings.